The molecule has 2 atom stereocenters. The molecule has 7 nitrogen and oxygen atoms in total. The highest BCUT2D eigenvalue weighted by Crippen LogP contribution is 2.31. The predicted octanol–water partition coefficient (Wildman–Crippen LogP) is 4.75. The SMILES string of the molecule is Cc1cc(-c2ncccn2)c(C(=O)N2CCCC(C)C2CNc2ncc(C(F)(F)F)cn2)cc1F. The van der Waals surface area contributed by atoms with E-state index in [0.29, 0.717) is 35.9 Å². The number of alkyl halides is 3. The molecule has 1 amide bonds. The zero-order valence-electron chi connectivity index (χ0n) is 19.2. The third kappa shape index (κ3) is 5.39. The smallest absolute Gasteiger partial charge is 0.352 e. The number of amides is 1. The first-order valence-electron chi connectivity index (χ1n) is 11.2. The quantitative estimate of drug-likeness (QED) is 0.522. The van der Waals surface area contributed by atoms with Gasteiger partial charge in [-0.1, -0.05) is 6.92 Å². The molecule has 184 valence electrons. The number of nitrogens with zero attached hydrogens (tertiary/aromatic N) is 5. The van der Waals surface area contributed by atoms with Gasteiger partial charge in [0.05, 0.1) is 17.2 Å². The van der Waals surface area contributed by atoms with E-state index in [1.807, 2.05) is 6.92 Å². The second kappa shape index (κ2) is 9.93. The average Bonchev–Trinajstić information content (AvgIpc) is 2.84. The van der Waals surface area contributed by atoms with Gasteiger partial charge in [0.15, 0.2) is 5.82 Å². The Morgan fingerprint density at radius 3 is 2.49 bits per heavy atom. The molecule has 1 saturated heterocycles. The van der Waals surface area contributed by atoms with E-state index >= 15 is 0 Å². The number of aromatic nitrogens is 4. The molecule has 1 N–H and O–H groups in total. The minimum absolute atomic E-state index is 0.0305. The van der Waals surface area contributed by atoms with Crippen LogP contribution < -0.4 is 5.32 Å². The molecule has 0 saturated carbocycles. The Kier molecular flexibility index (Phi) is 6.95. The maximum Gasteiger partial charge on any atom is 0.419 e. The van der Waals surface area contributed by atoms with Gasteiger partial charge in [0.2, 0.25) is 5.95 Å². The second-order valence-corrected chi connectivity index (χ2v) is 8.58. The number of benzene rings is 1. The fourth-order valence-corrected chi connectivity index (χ4v) is 4.21. The number of piperidine rings is 1. The lowest BCUT2D eigenvalue weighted by atomic mass is 9.89. The number of aryl methyl sites for hydroxylation is 1. The van der Waals surface area contributed by atoms with Crippen molar-refractivity contribution in [2.45, 2.75) is 38.9 Å². The van der Waals surface area contributed by atoms with Crippen LogP contribution in [0.5, 0.6) is 0 Å². The molecule has 0 spiro atoms. The van der Waals surface area contributed by atoms with Gasteiger partial charge in [0, 0.05) is 43.4 Å². The van der Waals surface area contributed by atoms with Crippen LogP contribution in [0.4, 0.5) is 23.5 Å². The molecule has 0 aliphatic carbocycles. The Morgan fingerprint density at radius 1 is 1.14 bits per heavy atom. The summed E-state index contributed by atoms with van der Waals surface area (Å²) in [5, 5.41) is 2.94. The zero-order chi connectivity index (χ0) is 25.2. The fourth-order valence-electron chi connectivity index (χ4n) is 4.21. The summed E-state index contributed by atoms with van der Waals surface area (Å²) in [5.41, 5.74) is 0.0197. The van der Waals surface area contributed by atoms with E-state index in [9.17, 15) is 22.4 Å². The summed E-state index contributed by atoms with van der Waals surface area (Å²) in [6, 6.07) is 4.12. The summed E-state index contributed by atoms with van der Waals surface area (Å²) >= 11 is 0. The van der Waals surface area contributed by atoms with Crippen molar-refractivity contribution in [1.82, 2.24) is 24.8 Å². The van der Waals surface area contributed by atoms with Gasteiger partial charge in [-0.15, -0.1) is 0 Å². The maximum absolute atomic E-state index is 14.5. The predicted molar refractivity (Wildman–Crippen MR) is 121 cm³/mol. The number of carbonyl (C=O) groups excluding carboxylic acids is 1. The Balaban J connectivity index is 1.60. The molecule has 1 aromatic carbocycles. The second-order valence-electron chi connectivity index (χ2n) is 8.58. The first kappa shape index (κ1) is 24.5. The van der Waals surface area contributed by atoms with Crippen LogP contribution in [0.2, 0.25) is 0 Å². The number of carbonyl (C=O) groups is 1. The van der Waals surface area contributed by atoms with E-state index in [0.717, 1.165) is 12.8 Å². The number of hydrogen-bond acceptors (Lipinski definition) is 6. The van der Waals surface area contributed by atoms with E-state index < -0.39 is 17.6 Å². The number of rotatable bonds is 5. The van der Waals surface area contributed by atoms with Gasteiger partial charge >= 0.3 is 6.18 Å². The molecule has 0 radical (unpaired) electrons. The monoisotopic (exact) mass is 488 g/mol. The molecular weight excluding hydrogens is 464 g/mol. The van der Waals surface area contributed by atoms with Crippen LogP contribution >= 0.6 is 0 Å². The van der Waals surface area contributed by atoms with Crippen molar-refractivity contribution in [2.75, 3.05) is 18.4 Å². The molecule has 2 unspecified atom stereocenters. The Morgan fingerprint density at radius 2 is 1.83 bits per heavy atom. The molecule has 1 fully saturated rings. The van der Waals surface area contributed by atoms with E-state index in [1.54, 1.807) is 36.4 Å². The lowest BCUT2D eigenvalue weighted by Gasteiger charge is -2.40. The van der Waals surface area contributed by atoms with Crippen LogP contribution in [-0.2, 0) is 6.18 Å². The van der Waals surface area contributed by atoms with Gasteiger partial charge in [-0.3, -0.25) is 4.79 Å². The first-order valence-corrected chi connectivity index (χ1v) is 11.2. The van der Waals surface area contributed by atoms with Crippen LogP contribution in [0.25, 0.3) is 11.4 Å². The molecule has 11 heteroatoms. The van der Waals surface area contributed by atoms with E-state index in [2.05, 4.69) is 25.3 Å². The van der Waals surface area contributed by atoms with Gasteiger partial charge in [-0.25, -0.2) is 24.3 Å². The van der Waals surface area contributed by atoms with Crippen molar-refractivity contribution in [3.63, 3.8) is 0 Å². The van der Waals surface area contributed by atoms with Crippen molar-refractivity contribution in [3.8, 4) is 11.4 Å². The molecule has 0 bridgehead atoms. The van der Waals surface area contributed by atoms with Gasteiger partial charge in [-0.2, -0.15) is 13.2 Å². The van der Waals surface area contributed by atoms with Crippen molar-refractivity contribution in [1.29, 1.82) is 0 Å². The van der Waals surface area contributed by atoms with Crippen LogP contribution in [0, 0.1) is 18.7 Å². The molecule has 3 heterocycles. The van der Waals surface area contributed by atoms with Crippen molar-refractivity contribution in [2.24, 2.45) is 5.92 Å². The highest BCUT2D eigenvalue weighted by Gasteiger charge is 2.34. The summed E-state index contributed by atoms with van der Waals surface area (Å²) in [5.74, 6) is -0.440. The third-order valence-electron chi connectivity index (χ3n) is 6.16. The van der Waals surface area contributed by atoms with Crippen LogP contribution in [0.3, 0.4) is 0 Å². The van der Waals surface area contributed by atoms with Gasteiger partial charge < -0.3 is 10.2 Å². The fraction of sp³-hybridized carbons (Fsp3) is 0.375. The molecule has 1 aliphatic rings. The van der Waals surface area contributed by atoms with Gasteiger partial charge in [0.25, 0.3) is 5.91 Å². The average molecular weight is 488 g/mol. The normalized spacial score (nSPS) is 18.4. The summed E-state index contributed by atoms with van der Waals surface area (Å²) in [4.78, 5) is 31.3. The molecule has 3 aromatic rings. The molecule has 2 aromatic heterocycles. The summed E-state index contributed by atoms with van der Waals surface area (Å²) in [7, 11) is 0. The lowest BCUT2D eigenvalue weighted by Crippen LogP contribution is -2.51. The number of likely N-dealkylation sites (tertiary alicyclic amines) is 1. The Hall–Kier alpha value is -3.63. The topological polar surface area (TPSA) is 83.9 Å². The number of anilines is 1. The number of nitrogens with one attached hydrogen (secondary N) is 1. The molecule has 35 heavy (non-hydrogen) atoms. The van der Waals surface area contributed by atoms with Gasteiger partial charge in [0.1, 0.15) is 5.82 Å². The van der Waals surface area contributed by atoms with Crippen molar-refractivity contribution >= 4 is 11.9 Å². The third-order valence-corrected chi connectivity index (χ3v) is 6.16. The molecule has 1 aliphatic heterocycles. The van der Waals surface area contributed by atoms with Gasteiger partial charge in [-0.05, 0) is 49.4 Å². The zero-order valence-corrected chi connectivity index (χ0v) is 19.2. The summed E-state index contributed by atoms with van der Waals surface area (Å²) in [6.07, 6.45) is 1.63. The largest absolute Gasteiger partial charge is 0.419 e. The Bertz CT molecular complexity index is 1190. The summed E-state index contributed by atoms with van der Waals surface area (Å²) in [6.45, 7) is 4.28. The Labute approximate surface area is 199 Å². The molecular formula is C24H24F4N6O. The van der Waals surface area contributed by atoms with Crippen LogP contribution in [0.15, 0.2) is 43.0 Å². The standard InChI is InChI=1S/C24H24F4N6O/c1-14-5-3-8-34(20(14)13-33-23-31-11-16(12-32-23)24(26,27)28)22(35)18-10-19(25)15(2)9-17(18)21-29-6-4-7-30-21/h4,6-7,9-12,14,20H,3,5,8,13H2,1-2H3,(H,31,32,33). The molecule has 4 rings (SSSR count). The van der Waals surface area contributed by atoms with E-state index in [-0.39, 0.29) is 35.9 Å². The van der Waals surface area contributed by atoms with Crippen molar-refractivity contribution in [3.05, 3.63) is 65.5 Å². The minimum atomic E-state index is -4.52. The highest BCUT2D eigenvalue weighted by atomic mass is 19.4. The lowest BCUT2D eigenvalue weighted by molar-refractivity contribution is -0.138. The number of hydrogen-bond donors (Lipinski definition) is 1. The minimum Gasteiger partial charge on any atom is -0.352 e. The maximum atomic E-state index is 14.5. The van der Waals surface area contributed by atoms with Crippen LogP contribution in [-0.4, -0.2) is 49.9 Å². The van der Waals surface area contributed by atoms with Crippen molar-refractivity contribution < 1.29 is 22.4 Å². The first-order chi connectivity index (χ1) is 16.6. The van der Waals surface area contributed by atoms with E-state index in [1.165, 1.54) is 6.07 Å². The summed E-state index contributed by atoms with van der Waals surface area (Å²) < 4.78 is 52.9. The number of halogens is 4. The highest BCUT2D eigenvalue weighted by molar-refractivity contribution is 6.00. The van der Waals surface area contributed by atoms with Crippen LogP contribution in [0.1, 0.15) is 41.3 Å². The van der Waals surface area contributed by atoms with E-state index in [4.69, 9.17) is 0 Å².